The van der Waals surface area contributed by atoms with Gasteiger partial charge in [-0.3, -0.25) is 4.68 Å². The maximum absolute atomic E-state index is 6.08. The molecule has 0 spiro atoms. The maximum Gasteiger partial charge on any atom is 0.214 e. The third kappa shape index (κ3) is 3.94. The van der Waals surface area contributed by atoms with Crippen LogP contribution < -0.4 is 0 Å². The minimum absolute atomic E-state index is 0.555. The molecule has 0 fully saturated rings. The Labute approximate surface area is 194 Å². The van der Waals surface area contributed by atoms with Crippen molar-refractivity contribution in [2.45, 2.75) is 23.4 Å². The molecular formula is C23H19ClN6OS. The van der Waals surface area contributed by atoms with Crippen LogP contribution >= 0.6 is 23.4 Å². The highest BCUT2D eigenvalue weighted by Crippen LogP contribution is 2.39. The van der Waals surface area contributed by atoms with E-state index in [4.69, 9.17) is 21.1 Å². The average Bonchev–Trinajstić information content (AvgIpc) is 3.57. The minimum Gasteiger partial charge on any atom is -0.342 e. The Morgan fingerprint density at radius 3 is 2.41 bits per heavy atom. The summed E-state index contributed by atoms with van der Waals surface area (Å²) >= 11 is 7.72. The van der Waals surface area contributed by atoms with E-state index in [1.807, 2.05) is 72.5 Å². The van der Waals surface area contributed by atoms with Gasteiger partial charge in [0.25, 0.3) is 0 Å². The van der Waals surface area contributed by atoms with E-state index in [1.165, 1.54) is 6.39 Å². The SMILES string of the molecule is CCn1ccc(-c2nc(-c3ccc(-c4ncon4)cc3)c(Sc3ccc(Cl)cc3)n2C)n1. The summed E-state index contributed by atoms with van der Waals surface area (Å²) < 4.78 is 8.84. The van der Waals surface area contributed by atoms with Crippen molar-refractivity contribution in [3.63, 3.8) is 0 Å². The number of nitrogens with zero attached hydrogens (tertiary/aromatic N) is 6. The molecule has 5 aromatic rings. The number of benzene rings is 2. The van der Waals surface area contributed by atoms with E-state index in [-0.39, 0.29) is 0 Å². The number of aryl methyl sites for hydroxylation is 1. The normalized spacial score (nSPS) is 11.2. The molecule has 0 aliphatic carbocycles. The second-order valence-corrected chi connectivity index (χ2v) is 8.59. The monoisotopic (exact) mass is 462 g/mol. The van der Waals surface area contributed by atoms with Gasteiger partial charge in [0, 0.05) is 40.8 Å². The number of aromatic nitrogens is 6. The van der Waals surface area contributed by atoms with Gasteiger partial charge in [0.15, 0.2) is 5.82 Å². The molecule has 0 saturated heterocycles. The summed E-state index contributed by atoms with van der Waals surface area (Å²) in [5.74, 6) is 1.37. The molecule has 0 aliphatic rings. The third-order valence-electron chi connectivity index (χ3n) is 5.04. The van der Waals surface area contributed by atoms with Gasteiger partial charge in [-0.1, -0.05) is 52.8 Å². The van der Waals surface area contributed by atoms with Crippen LogP contribution in [0.25, 0.3) is 34.2 Å². The molecule has 160 valence electrons. The molecule has 32 heavy (non-hydrogen) atoms. The van der Waals surface area contributed by atoms with Gasteiger partial charge in [-0.25, -0.2) is 4.98 Å². The van der Waals surface area contributed by atoms with Crippen molar-refractivity contribution in [3.8, 4) is 34.2 Å². The maximum atomic E-state index is 6.08. The standard InChI is InChI=1S/C23H19ClN6OS/c1-3-30-13-12-19(27-30)22-26-20(15-4-6-16(7-5-15)21-25-14-31-28-21)23(29(22)2)32-18-10-8-17(24)9-11-18/h4-14H,3H2,1-2H3. The smallest absolute Gasteiger partial charge is 0.214 e. The lowest BCUT2D eigenvalue weighted by Crippen LogP contribution is -1.98. The number of hydrogen-bond donors (Lipinski definition) is 0. The van der Waals surface area contributed by atoms with E-state index in [9.17, 15) is 0 Å². The topological polar surface area (TPSA) is 74.6 Å². The summed E-state index contributed by atoms with van der Waals surface area (Å²) in [5.41, 5.74) is 3.59. The van der Waals surface area contributed by atoms with Crippen LogP contribution in [0.2, 0.25) is 5.02 Å². The zero-order chi connectivity index (χ0) is 22.1. The van der Waals surface area contributed by atoms with Crippen LogP contribution in [0.1, 0.15) is 6.92 Å². The summed E-state index contributed by atoms with van der Waals surface area (Å²) in [6, 6.07) is 17.8. The fraction of sp³-hybridized carbons (Fsp3) is 0.130. The van der Waals surface area contributed by atoms with E-state index in [0.29, 0.717) is 10.8 Å². The predicted octanol–water partition coefficient (Wildman–Crippen LogP) is 5.83. The van der Waals surface area contributed by atoms with Crippen molar-refractivity contribution in [3.05, 3.63) is 72.2 Å². The second-order valence-electron chi connectivity index (χ2n) is 7.09. The molecule has 0 saturated carbocycles. The van der Waals surface area contributed by atoms with Gasteiger partial charge in [0.1, 0.15) is 16.4 Å². The molecule has 9 heteroatoms. The highest BCUT2D eigenvalue weighted by Gasteiger charge is 2.20. The first-order valence-corrected chi connectivity index (χ1v) is 11.2. The Bertz CT molecular complexity index is 1340. The highest BCUT2D eigenvalue weighted by molar-refractivity contribution is 7.99. The number of halogens is 1. The molecule has 5 rings (SSSR count). The van der Waals surface area contributed by atoms with Crippen LogP contribution in [0.4, 0.5) is 0 Å². The van der Waals surface area contributed by atoms with Crippen molar-refractivity contribution >= 4 is 23.4 Å². The molecule has 3 aromatic heterocycles. The molecule has 0 N–H and O–H groups in total. The lowest BCUT2D eigenvalue weighted by molar-refractivity contribution is 0.419. The molecule has 0 aliphatic heterocycles. The Kier molecular flexibility index (Phi) is 5.55. The van der Waals surface area contributed by atoms with Gasteiger partial charge in [-0.05, 0) is 37.3 Å². The van der Waals surface area contributed by atoms with E-state index in [0.717, 1.165) is 44.8 Å². The number of rotatable bonds is 6. The predicted molar refractivity (Wildman–Crippen MR) is 124 cm³/mol. The van der Waals surface area contributed by atoms with E-state index in [1.54, 1.807) is 11.8 Å². The summed E-state index contributed by atoms with van der Waals surface area (Å²) in [4.78, 5) is 10.2. The first-order chi connectivity index (χ1) is 15.6. The van der Waals surface area contributed by atoms with Gasteiger partial charge >= 0.3 is 0 Å². The fourth-order valence-corrected chi connectivity index (χ4v) is 4.47. The van der Waals surface area contributed by atoms with Gasteiger partial charge in [-0.2, -0.15) is 10.1 Å². The van der Waals surface area contributed by atoms with E-state index >= 15 is 0 Å². The lowest BCUT2D eigenvalue weighted by Gasteiger charge is -2.07. The third-order valence-corrected chi connectivity index (χ3v) is 6.46. The van der Waals surface area contributed by atoms with Crippen molar-refractivity contribution in [2.24, 2.45) is 7.05 Å². The number of hydrogen-bond acceptors (Lipinski definition) is 6. The second kappa shape index (κ2) is 8.64. The molecule has 2 aromatic carbocycles. The van der Waals surface area contributed by atoms with Crippen molar-refractivity contribution in [1.82, 2.24) is 29.5 Å². The summed E-state index contributed by atoms with van der Waals surface area (Å²) in [6.45, 7) is 2.87. The molecular weight excluding hydrogens is 444 g/mol. The molecule has 7 nitrogen and oxygen atoms in total. The van der Waals surface area contributed by atoms with Crippen LogP contribution in [0, 0.1) is 0 Å². The zero-order valence-electron chi connectivity index (χ0n) is 17.4. The molecule has 0 amide bonds. The largest absolute Gasteiger partial charge is 0.342 e. The zero-order valence-corrected chi connectivity index (χ0v) is 19.0. The lowest BCUT2D eigenvalue weighted by atomic mass is 10.1. The Morgan fingerprint density at radius 2 is 1.75 bits per heavy atom. The molecule has 0 atom stereocenters. The van der Waals surface area contributed by atoms with Gasteiger partial charge in [-0.15, -0.1) is 0 Å². The summed E-state index contributed by atoms with van der Waals surface area (Å²) in [5, 5.41) is 10.3. The quantitative estimate of drug-likeness (QED) is 0.316. The highest BCUT2D eigenvalue weighted by atomic mass is 35.5. The first-order valence-electron chi connectivity index (χ1n) is 10.0. The van der Waals surface area contributed by atoms with Crippen molar-refractivity contribution in [1.29, 1.82) is 0 Å². The van der Waals surface area contributed by atoms with Crippen LogP contribution in [0.3, 0.4) is 0 Å². The van der Waals surface area contributed by atoms with E-state index < -0.39 is 0 Å². The van der Waals surface area contributed by atoms with Crippen LogP contribution in [-0.2, 0) is 13.6 Å². The van der Waals surface area contributed by atoms with Gasteiger partial charge in [0.2, 0.25) is 12.2 Å². The first kappa shape index (κ1) is 20.5. The van der Waals surface area contributed by atoms with Crippen molar-refractivity contribution in [2.75, 3.05) is 0 Å². The van der Waals surface area contributed by atoms with Crippen LogP contribution in [0.5, 0.6) is 0 Å². The van der Waals surface area contributed by atoms with E-state index in [2.05, 4.69) is 26.7 Å². The Hall–Kier alpha value is -3.36. The van der Waals surface area contributed by atoms with Crippen LogP contribution in [-0.4, -0.2) is 29.5 Å². The number of imidazole rings is 1. The van der Waals surface area contributed by atoms with Crippen LogP contribution in [0.15, 0.2) is 81.6 Å². The Balaban J connectivity index is 1.59. The summed E-state index contributed by atoms with van der Waals surface area (Å²) in [6.07, 6.45) is 3.29. The summed E-state index contributed by atoms with van der Waals surface area (Å²) in [7, 11) is 2.02. The van der Waals surface area contributed by atoms with Gasteiger partial charge < -0.3 is 9.09 Å². The molecule has 0 unspecified atom stereocenters. The fourth-order valence-electron chi connectivity index (χ4n) is 3.36. The molecule has 3 heterocycles. The Morgan fingerprint density at radius 1 is 1.00 bits per heavy atom. The van der Waals surface area contributed by atoms with Crippen molar-refractivity contribution < 1.29 is 4.52 Å². The molecule has 0 bridgehead atoms. The minimum atomic E-state index is 0.555. The molecule has 0 radical (unpaired) electrons. The average molecular weight is 463 g/mol. The van der Waals surface area contributed by atoms with Gasteiger partial charge in [0.05, 0.1) is 0 Å².